The Morgan fingerprint density at radius 1 is 1.30 bits per heavy atom. The molecule has 6 heteroatoms. The molecule has 0 fully saturated rings. The summed E-state index contributed by atoms with van der Waals surface area (Å²) in [5, 5.41) is 0. The zero-order valence-electron chi connectivity index (χ0n) is 11.8. The predicted molar refractivity (Wildman–Crippen MR) is 77.6 cm³/mol. The van der Waals surface area contributed by atoms with Crippen molar-refractivity contribution in [2.24, 2.45) is 0 Å². The number of esters is 1. The maximum absolute atomic E-state index is 12.1. The second-order valence-corrected chi connectivity index (χ2v) is 5.43. The second kappa shape index (κ2) is 4.88. The summed E-state index contributed by atoms with van der Waals surface area (Å²) in [4.78, 5) is 16.0. The Morgan fingerprint density at radius 2 is 2.00 bits per heavy atom. The van der Waals surface area contributed by atoms with Gasteiger partial charge in [-0.25, -0.2) is 9.78 Å². The molecule has 0 atom stereocenters. The van der Waals surface area contributed by atoms with Crippen molar-refractivity contribution in [3.05, 3.63) is 36.2 Å². The lowest BCUT2D eigenvalue weighted by Crippen LogP contribution is -2.24. The fourth-order valence-electron chi connectivity index (χ4n) is 1.73. The normalized spacial score (nSPS) is 11.3. The van der Waals surface area contributed by atoms with E-state index in [9.17, 15) is 4.79 Å². The van der Waals surface area contributed by atoms with Crippen molar-refractivity contribution in [3.63, 3.8) is 0 Å². The number of nitrogen functional groups attached to an aromatic ring is 2. The summed E-state index contributed by atoms with van der Waals surface area (Å²) >= 11 is 0. The molecule has 6 nitrogen and oxygen atoms in total. The van der Waals surface area contributed by atoms with Gasteiger partial charge in [-0.2, -0.15) is 0 Å². The Kier molecular flexibility index (Phi) is 3.40. The summed E-state index contributed by atoms with van der Waals surface area (Å²) in [5.74, 6) is -0.101. The number of hydrogen-bond donors (Lipinski definition) is 2. The molecule has 1 aromatic heterocycles. The van der Waals surface area contributed by atoms with Crippen molar-refractivity contribution in [2.45, 2.75) is 26.4 Å². The van der Waals surface area contributed by atoms with Crippen LogP contribution in [-0.4, -0.2) is 21.1 Å². The molecule has 2 aromatic rings. The van der Waals surface area contributed by atoms with Crippen LogP contribution in [0, 0.1) is 0 Å². The minimum Gasteiger partial charge on any atom is -0.456 e. The first-order valence-electron chi connectivity index (χ1n) is 6.20. The minimum absolute atomic E-state index is 0.304. The Bertz CT molecular complexity index is 641. The van der Waals surface area contributed by atoms with Crippen LogP contribution in [-0.2, 0) is 4.74 Å². The Morgan fingerprint density at radius 3 is 2.55 bits per heavy atom. The van der Waals surface area contributed by atoms with Gasteiger partial charge in [-0.3, -0.25) is 4.57 Å². The van der Waals surface area contributed by atoms with Crippen LogP contribution in [0.1, 0.15) is 31.1 Å². The van der Waals surface area contributed by atoms with Gasteiger partial charge in [0.1, 0.15) is 5.60 Å². The van der Waals surface area contributed by atoms with Gasteiger partial charge in [0, 0.05) is 12.4 Å². The molecule has 0 saturated carbocycles. The number of benzene rings is 1. The molecule has 0 amide bonds. The molecule has 20 heavy (non-hydrogen) atoms. The van der Waals surface area contributed by atoms with Crippen LogP contribution in [0.25, 0.3) is 5.69 Å². The summed E-state index contributed by atoms with van der Waals surface area (Å²) in [7, 11) is 0. The number of nitrogens with two attached hydrogens (primary N) is 2. The first-order valence-corrected chi connectivity index (χ1v) is 6.20. The molecule has 106 valence electrons. The van der Waals surface area contributed by atoms with Crippen LogP contribution in [0.5, 0.6) is 0 Å². The molecule has 0 bridgehead atoms. The quantitative estimate of drug-likeness (QED) is 0.645. The van der Waals surface area contributed by atoms with Crippen molar-refractivity contribution >= 4 is 17.6 Å². The van der Waals surface area contributed by atoms with Gasteiger partial charge < -0.3 is 16.2 Å². The van der Waals surface area contributed by atoms with Gasteiger partial charge in [0.25, 0.3) is 0 Å². The highest BCUT2D eigenvalue weighted by Crippen LogP contribution is 2.22. The third-order valence-electron chi connectivity index (χ3n) is 2.59. The predicted octanol–water partition coefficient (Wildman–Crippen LogP) is 1.99. The summed E-state index contributed by atoms with van der Waals surface area (Å²) < 4.78 is 6.94. The van der Waals surface area contributed by atoms with E-state index in [1.54, 1.807) is 35.2 Å². The summed E-state index contributed by atoms with van der Waals surface area (Å²) in [6.45, 7) is 5.45. The minimum atomic E-state index is -0.549. The van der Waals surface area contributed by atoms with Crippen LogP contribution < -0.4 is 11.5 Å². The van der Waals surface area contributed by atoms with Crippen molar-refractivity contribution in [3.8, 4) is 5.69 Å². The first kappa shape index (κ1) is 13.9. The lowest BCUT2D eigenvalue weighted by molar-refractivity contribution is 0.00695. The highest BCUT2D eigenvalue weighted by atomic mass is 16.6. The van der Waals surface area contributed by atoms with Gasteiger partial charge in [0.05, 0.1) is 16.9 Å². The Labute approximate surface area is 117 Å². The molecule has 0 unspecified atom stereocenters. The molecule has 0 spiro atoms. The molecular weight excluding hydrogens is 256 g/mol. The van der Waals surface area contributed by atoms with Gasteiger partial charge in [-0.1, -0.05) is 0 Å². The van der Waals surface area contributed by atoms with Gasteiger partial charge >= 0.3 is 5.97 Å². The van der Waals surface area contributed by atoms with E-state index in [1.165, 1.54) is 0 Å². The molecule has 0 radical (unpaired) electrons. The summed E-state index contributed by atoms with van der Waals surface area (Å²) in [6, 6.07) is 4.91. The third-order valence-corrected chi connectivity index (χ3v) is 2.59. The largest absolute Gasteiger partial charge is 0.456 e. The van der Waals surface area contributed by atoms with E-state index in [-0.39, 0.29) is 0 Å². The maximum Gasteiger partial charge on any atom is 0.338 e. The van der Waals surface area contributed by atoms with Crippen LogP contribution in [0.4, 0.5) is 11.6 Å². The number of hydrogen-bond acceptors (Lipinski definition) is 5. The molecule has 4 N–H and O–H groups in total. The third kappa shape index (κ3) is 2.90. The van der Waals surface area contributed by atoms with Crippen LogP contribution in [0.3, 0.4) is 0 Å². The topological polar surface area (TPSA) is 96.2 Å². The van der Waals surface area contributed by atoms with Gasteiger partial charge in [-0.05, 0) is 39.0 Å². The number of imidazole rings is 1. The number of rotatable bonds is 2. The first-order chi connectivity index (χ1) is 9.28. The molecule has 0 saturated heterocycles. The molecule has 0 aliphatic carbocycles. The second-order valence-electron chi connectivity index (χ2n) is 5.43. The van der Waals surface area contributed by atoms with Crippen LogP contribution in [0.15, 0.2) is 30.6 Å². The SMILES string of the molecule is CC(C)(C)OC(=O)c1ccc(N)c(-n2ccnc2N)c1. The van der Waals surface area contributed by atoms with E-state index in [0.29, 0.717) is 22.9 Å². The van der Waals surface area contributed by atoms with E-state index in [2.05, 4.69) is 4.98 Å². The number of carbonyl (C=O) groups is 1. The summed E-state index contributed by atoms with van der Waals surface area (Å²) in [6.07, 6.45) is 3.24. The zero-order valence-corrected chi connectivity index (χ0v) is 11.8. The smallest absolute Gasteiger partial charge is 0.338 e. The summed E-state index contributed by atoms with van der Waals surface area (Å²) in [5.41, 5.74) is 12.6. The van der Waals surface area contributed by atoms with Crippen molar-refractivity contribution in [1.82, 2.24) is 9.55 Å². The number of anilines is 2. The van der Waals surface area contributed by atoms with Gasteiger partial charge in [-0.15, -0.1) is 0 Å². The average molecular weight is 274 g/mol. The molecule has 2 rings (SSSR count). The van der Waals surface area contributed by atoms with Crippen molar-refractivity contribution in [2.75, 3.05) is 11.5 Å². The van der Waals surface area contributed by atoms with Crippen molar-refractivity contribution in [1.29, 1.82) is 0 Å². The van der Waals surface area contributed by atoms with Gasteiger partial charge in [0.15, 0.2) is 0 Å². The van der Waals surface area contributed by atoms with E-state index >= 15 is 0 Å². The van der Waals surface area contributed by atoms with Crippen LogP contribution >= 0.6 is 0 Å². The Hall–Kier alpha value is -2.50. The Balaban J connectivity index is 2.39. The number of carbonyl (C=O) groups excluding carboxylic acids is 1. The lowest BCUT2D eigenvalue weighted by atomic mass is 10.1. The van der Waals surface area contributed by atoms with E-state index < -0.39 is 11.6 Å². The zero-order chi connectivity index (χ0) is 14.9. The van der Waals surface area contributed by atoms with Gasteiger partial charge in [0.2, 0.25) is 5.95 Å². The highest BCUT2D eigenvalue weighted by Gasteiger charge is 2.19. The average Bonchev–Trinajstić information content (AvgIpc) is 2.73. The molecule has 0 aliphatic heterocycles. The number of aromatic nitrogens is 2. The fraction of sp³-hybridized carbons (Fsp3) is 0.286. The molecule has 1 heterocycles. The monoisotopic (exact) mass is 274 g/mol. The number of nitrogens with zero attached hydrogens (tertiary/aromatic N) is 2. The standard InChI is InChI=1S/C14H18N4O2/c1-14(2,3)20-12(19)9-4-5-10(15)11(8-9)18-7-6-17-13(18)16/h4-8H,15H2,1-3H3,(H2,16,17). The molecular formula is C14H18N4O2. The maximum atomic E-state index is 12.1. The molecule has 0 aliphatic rings. The van der Waals surface area contributed by atoms with E-state index in [0.717, 1.165) is 0 Å². The van der Waals surface area contributed by atoms with Crippen LogP contribution in [0.2, 0.25) is 0 Å². The molecule has 1 aromatic carbocycles. The van der Waals surface area contributed by atoms with Crippen molar-refractivity contribution < 1.29 is 9.53 Å². The van der Waals surface area contributed by atoms with E-state index in [4.69, 9.17) is 16.2 Å². The van der Waals surface area contributed by atoms with E-state index in [1.807, 2.05) is 20.8 Å². The lowest BCUT2D eigenvalue weighted by Gasteiger charge is -2.20. The number of ether oxygens (including phenoxy) is 1. The highest BCUT2D eigenvalue weighted by molar-refractivity contribution is 5.91. The fourth-order valence-corrected chi connectivity index (χ4v) is 1.73.